The fraction of sp³-hybridized carbons (Fsp3) is 0.111. The van der Waals surface area contributed by atoms with Gasteiger partial charge in [-0.2, -0.15) is 0 Å². The van der Waals surface area contributed by atoms with Crippen molar-refractivity contribution in [3.63, 3.8) is 0 Å². The maximum absolute atomic E-state index is 12.9. The molecular formula is C27H22N2O6S. The average Bonchev–Trinajstić information content (AvgIpc) is 3.11. The number of rotatable bonds is 8. The van der Waals surface area contributed by atoms with Gasteiger partial charge in [0.15, 0.2) is 0 Å². The molecule has 0 atom stereocenters. The number of amides is 3. The molecule has 0 aromatic heterocycles. The molecule has 2 N–H and O–H groups in total. The first-order valence-electron chi connectivity index (χ1n) is 11.0. The number of anilines is 1. The SMILES string of the molecule is Cc1cccc(NC(=O)CN2C(=O)S/C(=C\c3ccccc3OCc3ccc(C(=O)O)cc3)C2=O)c1. The number of para-hydroxylation sites is 1. The number of aromatic carboxylic acids is 1. The number of nitrogens with one attached hydrogen (secondary N) is 1. The molecule has 36 heavy (non-hydrogen) atoms. The van der Waals surface area contributed by atoms with Gasteiger partial charge in [-0.05, 0) is 66.2 Å². The van der Waals surface area contributed by atoms with Gasteiger partial charge in [0.25, 0.3) is 11.1 Å². The number of carboxylic acids is 1. The number of aryl methyl sites for hydroxylation is 1. The summed E-state index contributed by atoms with van der Waals surface area (Å²) in [6.07, 6.45) is 1.56. The van der Waals surface area contributed by atoms with Crippen molar-refractivity contribution in [2.24, 2.45) is 0 Å². The van der Waals surface area contributed by atoms with Gasteiger partial charge >= 0.3 is 5.97 Å². The maximum atomic E-state index is 12.9. The zero-order valence-electron chi connectivity index (χ0n) is 19.3. The Labute approximate surface area is 211 Å². The topological polar surface area (TPSA) is 113 Å². The van der Waals surface area contributed by atoms with Crippen LogP contribution in [0.1, 0.15) is 27.0 Å². The zero-order chi connectivity index (χ0) is 25.7. The summed E-state index contributed by atoms with van der Waals surface area (Å²) in [5, 5.41) is 11.2. The van der Waals surface area contributed by atoms with Crippen LogP contribution in [0, 0.1) is 6.92 Å². The standard InChI is InChI=1S/C27H22N2O6S/c1-17-5-4-7-21(13-17)28-24(30)15-29-25(31)23(36-27(29)34)14-20-6-2-3-8-22(20)35-16-18-9-11-19(12-10-18)26(32)33/h2-14H,15-16H2,1H3,(H,28,30)(H,32,33)/b23-14-. The van der Waals surface area contributed by atoms with Crippen molar-refractivity contribution in [2.45, 2.75) is 13.5 Å². The van der Waals surface area contributed by atoms with Crippen molar-refractivity contribution in [1.82, 2.24) is 4.90 Å². The quantitative estimate of drug-likeness (QED) is 0.419. The first kappa shape index (κ1) is 24.7. The van der Waals surface area contributed by atoms with E-state index in [4.69, 9.17) is 9.84 Å². The summed E-state index contributed by atoms with van der Waals surface area (Å²) < 4.78 is 5.89. The first-order valence-corrected chi connectivity index (χ1v) is 11.8. The third-order valence-electron chi connectivity index (χ3n) is 5.28. The Morgan fingerprint density at radius 3 is 2.50 bits per heavy atom. The molecule has 1 saturated heterocycles. The average molecular weight is 503 g/mol. The molecule has 8 nitrogen and oxygen atoms in total. The van der Waals surface area contributed by atoms with Crippen LogP contribution in [0.4, 0.5) is 10.5 Å². The lowest BCUT2D eigenvalue weighted by Crippen LogP contribution is -2.36. The minimum Gasteiger partial charge on any atom is -0.488 e. The lowest BCUT2D eigenvalue weighted by Gasteiger charge is -2.13. The molecule has 4 rings (SSSR count). The zero-order valence-corrected chi connectivity index (χ0v) is 20.1. The Morgan fingerprint density at radius 2 is 1.78 bits per heavy atom. The van der Waals surface area contributed by atoms with Gasteiger partial charge in [-0.1, -0.05) is 42.5 Å². The second-order valence-electron chi connectivity index (χ2n) is 8.01. The van der Waals surface area contributed by atoms with Crippen molar-refractivity contribution in [3.8, 4) is 5.75 Å². The third-order valence-corrected chi connectivity index (χ3v) is 6.19. The fourth-order valence-corrected chi connectivity index (χ4v) is 4.31. The molecule has 182 valence electrons. The van der Waals surface area contributed by atoms with Gasteiger partial charge in [-0.25, -0.2) is 4.79 Å². The lowest BCUT2D eigenvalue weighted by atomic mass is 10.1. The van der Waals surface area contributed by atoms with Crippen LogP contribution in [-0.2, 0) is 16.2 Å². The highest BCUT2D eigenvalue weighted by atomic mass is 32.2. The first-order chi connectivity index (χ1) is 17.3. The molecular weight excluding hydrogens is 480 g/mol. The van der Waals surface area contributed by atoms with Crippen molar-refractivity contribution in [2.75, 3.05) is 11.9 Å². The predicted octanol–water partition coefficient (Wildman–Crippen LogP) is 4.95. The van der Waals surface area contributed by atoms with E-state index in [0.717, 1.165) is 27.8 Å². The molecule has 1 heterocycles. The van der Waals surface area contributed by atoms with Gasteiger partial charge in [0.1, 0.15) is 18.9 Å². The molecule has 0 aliphatic carbocycles. The number of hydrogen-bond acceptors (Lipinski definition) is 6. The van der Waals surface area contributed by atoms with Gasteiger partial charge in [0.05, 0.1) is 10.5 Å². The molecule has 0 saturated carbocycles. The second kappa shape index (κ2) is 10.9. The molecule has 0 bridgehead atoms. The second-order valence-corrected chi connectivity index (χ2v) is 9.01. The van der Waals surface area contributed by atoms with E-state index in [1.807, 2.05) is 13.0 Å². The van der Waals surface area contributed by atoms with E-state index in [2.05, 4.69) is 5.32 Å². The lowest BCUT2D eigenvalue weighted by molar-refractivity contribution is -0.127. The predicted molar refractivity (Wildman–Crippen MR) is 137 cm³/mol. The molecule has 0 radical (unpaired) electrons. The number of thioether (sulfide) groups is 1. The highest BCUT2D eigenvalue weighted by molar-refractivity contribution is 8.18. The van der Waals surface area contributed by atoms with Gasteiger partial charge in [-0.3, -0.25) is 19.3 Å². The molecule has 3 aromatic rings. The largest absolute Gasteiger partial charge is 0.488 e. The Bertz CT molecular complexity index is 1370. The maximum Gasteiger partial charge on any atom is 0.335 e. The summed E-state index contributed by atoms with van der Waals surface area (Å²) in [5.74, 6) is -1.54. The van der Waals surface area contributed by atoms with E-state index < -0.39 is 23.0 Å². The number of carbonyl (C=O) groups excluding carboxylic acids is 3. The molecule has 1 aliphatic heterocycles. The minimum absolute atomic E-state index is 0.183. The van der Waals surface area contributed by atoms with Gasteiger partial charge in [0, 0.05) is 11.3 Å². The number of carboxylic acid groups (broad SMARTS) is 1. The smallest absolute Gasteiger partial charge is 0.335 e. The van der Waals surface area contributed by atoms with Crippen LogP contribution in [0.5, 0.6) is 5.75 Å². The number of carbonyl (C=O) groups is 4. The molecule has 9 heteroatoms. The third kappa shape index (κ3) is 6.00. The number of ether oxygens (including phenoxy) is 1. The van der Waals surface area contributed by atoms with E-state index in [-0.39, 0.29) is 23.6 Å². The number of imide groups is 1. The van der Waals surface area contributed by atoms with E-state index in [9.17, 15) is 19.2 Å². The van der Waals surface area contributed by atoms with Crippen molar-refractivity contribution >= 4 is 46.5 Å². The Hall–Kier alpha value is -4.37. The molecule has 1 fully saturated rings. The summed E-state index contributed by atoms with van der Waals surface area (Å²) in [6, 6.07) is 20.6. The molecule has 3 amide bonds. The van der Waals surface area contributed by atoms with E-state index in [1.54, 1.807) is 60.7 Å². The number of nitrogens with zero attached hydrogens (tertiary/aromatic N) is 1. The summed E-state index contributed by atoms with van der Waals surface area (Å²) >= 11 is 0.762. The van der Waals surface area contributed by atoms with Gasteiger partial charge < -0.3 is 15.2 Å². The van der Waals surface area contributed by atoms with Crippen LogP contribution in [0.2, 0.25) is 0 Å². The number of hydrogen-bond donors (Lipinski definition) is 2. The normalized spacial score (nSPS) is 14.2. The summed E-state index contributed by atoms with van der Waals surface area (Å²) in [7, 11) is 0. The Balaban J connectivity index is 1.43. The summed E-state index contributed by atoms with van der Waals surface area (Å²) in [4.78, 5) is 49.9. The molecule has 3 aromatic carbocycles. The van der Waals surface area contributed by atoms with E-state index in [0.29, 0.717) is 17.0 Å². The fourth-order valence-electron chi connectivity index (χ4n) is 3.48. The van der Waals surface area contributed by atoms with Crippen LogP contribution >= 0.6 is 11.8 Å². The van der Waals surface area contributed by atoms with Crippen molar-refractivity contribution in [1.29, 1.82) is 0 Å². The van der Waals surface area contributed by atoms with Crippen LogP contribution in [-0.4, -0.2) is 39.6 Å². The monoisotopic (exact) mass is 502 g/mol. The number of benzene rings is 3. The highest BCUT2D eigenvalue weighted by Crippen LogP contribution is 2.34. The molecule has 0 unspecified atom stereocenters. The Morgan fingerprint density at radius 1 is 1.03 bits per heavy atom. The van der Waals surface area contributed by atoms with Crippen molar-refractivity contribution < 1.29 is 29.0 Å². The van der Waals surface area contributed by atoms with E-state index in [1.165, 1.54) is 12.1 Å². The summed E-state index contributed by atoms with van der Waals surface area (Å²) in [5.41, 5.74) is 3.11. The van der Waals surface area contributed by atoms with Gasteiger partial charge in [-0.15, -0.1) is 0 Å². The highest BCUT2D eigenvalue weighted by Gasteiger charge is 2.36. The minimum atomic E-state index is -1.01. The molecule has 1 aliphatic rings. The van der Waals surface area contributed by atoms with Crippen LogP contribution in [0.25, 0.3) is 6.08 Å². The van der Waals surface area contributed by atoms with E-state index >= 15 is 0 Å². The van der Waals surface area contributed by atoms with Gasteiger partial charge in [0.2, 0.25) is 5.91 Å². The summed E-state index contributed by atoms with van der Waals surface area (Å²) in [6.45, 7) is 1.69. The van der Waals surface area contributed by atoms with Crippen molar-refractivity contribution in [3.05, 3.63) is 100.0 Å². The van der Waals surface area contributed by atoms with Crippen LogP contribution < -0.4 is 10.1 Å². The van der Waals surface area contributed by atoms with Crippen LogP contribution in [0.15, 0.2) is 77.7 Å². The van der Waals surface area contributed by atoms with Crippen LogP contribution in [0.3, 0.4) is 0 Å². The Kier molecular flexibility index (Phi) is 7.50. The molecule has 0 spiro atoms.